The molecule has 0 bridgehead atoms. The number of hydrogen-bond donors (Lipinski definition) is 1. The van der Waals surface area contributed by atoms with Gasteiger partial charge in [-0.25, -0.2) is 4.99 Å². The van der Waals surface area contributed by atoms with Crippen LogP contribution in [-0.2, 0) is 4.79 Å². The molecule has 0 spiro atoms. The van der Waals surface area contributed by atoms with E-state index in [-0.39, 0.29) is 5.91 Å². The fourth-order valence-corrected chi connectivity index (χ4v) is 3.54. The van der Waals surface area contributed by atoms with Gasteiger partial charge in [0.1, 0.15) is 17.3 Å². The second-order valence-corrected chi connectivity index (χ2v) is 7.40. The molecule has 4 rings (SSSR count). The molecule has 1 fully saturated rings. The van der Waals surface area contributed by atoms with Gasteiger partial charge in [0.15, 0.2) is 5.75 Å². The van der Waals surface area contributed by atoms with Crippen molar-refractivity contribution in [1.29, 1.82) is 0 Å². The zero-order chi connectivity index (χ0) is 19.0. The maximum atomic E-state index is 11.8. The standard InChI is InChI=1S/C21H24N4O2/c1-21(2,20(22)26)25-13-11-24(12-14-25)19-15-7-3-5-9-17(15)27-18-10-6-4-8-16(18)23-19/h3-10H,11-14H2,1-2H3,(H2,22,26). The van der Waals surface area contributed by atoms with Crippen LogP contribution in [0.4, 0.5) is 5.69 Å². The van der Waals surface area contributed by atoms with Gasteiger partial charge in [-0.3, -0.25) is 9.69 Å². The maximum absolute atomic E-state index is 11.8. The molecule has 2 aliphatic rings. The lowest BCUT2D eigenvalue weighted by atomic mass is 10.0. The van der Waals surface area contributed by atoms with Gasteiger partial charge in [-0.05, 0) is 38.1 Å². The molecule has 0 saturated carbocycles. The summed E-state index contributed by atoms with van der Waals surface area (Å²) in [6.45, 7) is 6.80. The first-order valence-electron chi connectivity index (χ1n) is 9.22. The van der Waals surface area contributed by atoms with E-state index < -0.39 is 5.54 Å². The number of piperazine rings is 1. The molecule has 6 heteroatoms. The zero-order valence-electron chi connectivity index (χ0n) is 15.7. The summed E-state index contributed by atoms with van der Waals surface area (Å²) in [5, 5.41) is 0. The molecule has 2 N–H and O–H groups in total. The van der Waals surface area contributed by atoms with Crippen LogP contribution in [0.15, 0.2) is 53.5 Å². The number of benzene rings is 2. The maximum Gasteiger partial charge on any atom is 0.237 e. The Hall–Kier alpha value is -2.86. The van der Waals surface area contributed by atoms with Gasteiger partial charge in [-0.15, -0.1) is 0 Å². The van der Waals surface area contributed by atoms with Gasteiger partial charge < -0.3 is 15.4 Å². The Balaban J connectivity index is 1.65. The first kappa shape index (κ1) is 17.5. The summed E-state index contributed by atoms with van der Waals surface area (Å²) >= 11 is 0. The molecular weight excluding hydrogens is 340 g/mol. The number of carbonyl (C=O) groups excluding carboxylic acids is 1. The van der Waals surface area contributed by atoms with Crippen LogP contribution in [-0.4, -0.2) is 53.3 Å². The summed E-state index contributed by atoms with van der Waals surface area (Å²) in [5.41, 5.74) is 6.74. The molecule has 6 nitrogen and oxygen atoms in total. The van der Waals surface area contributed by atoms with Crippen molar-refractivity contribution in [3.8, 4) is 11.5 Å². The highest BCUT2D eigenvalue weighted by Crippen LogP contribution is 2.38. The molecule has 0 radical (unpaired) electrons. The lowest BCUT2D eigenvalue weighted by Gasteiger charge is -2.43. The third kappa shape index (κ3) is 3.17. The Morgan fingerprint density at radius 3 is 2.33 bits per heavy atom. The van der Waals surface area contributed by atoms with E-state index in [9.17, 15) is 4.79 Å². The highest BCUT2D eigenvalue weighted by atomic mass is 16.5. The second-order valence-electron chi connectivity index (χ2n) is 7.40. The van der Waals surface area contributed by atoms with Crippen molar-refractivity contribution in [2.75, 3.05) is 26.2 Å². The highest BCUT2D eigenvalue weighted by Gasteiger charge is 2.36. The zero-order valence-corrected chi connectivity index (χ0v) is 15.7. The van der Waals surface area contributed by atoms with E-state index in [1.165, 1.54) is 0 Å². The van der Waals surface area contributed by atoms with Gasteiger partial charge in [-0.2, -0.15) is 0 Å². The molecular formula is C21H24N4O2. The first-order chi connectivity index (χ1) is 13.0. The molecule has 0 aliphatic carbocycles. The number of para-hydroxylation sites is 3. The number of primary amides is 1. The number of aliphatic imine (C=N–C) groups is 1. The van der Waals surface area contributed by atoms with Crippen molar-refractivity contribution in [3.63, 3.8) is 0 Å². The minimum Gasteiger partial charge on any atom is -0.454 e. The number of amides is 1. The molecule has 2 aromatic carbocycles. The van der Waals surface area contributed by atoms with E-state index in [0.29, 0.717) is 0 Å². The summed E-state index contributed by atoms with van der Waals surface area (Å²) in [6, 6.07) is 15.8. The second kappa shape index (κ2) is 6.70. The van der Waals surface area contributed by atoms with Gasteiger partial charge in [0, 0.05) is 26.2 Å². The van der Waals surface area contributed by atoms with Crippen LogP contribution in [0.25, 0.3) is 0 Å². The topological polar surface area (TPSA) is 71.2 Å². The van der Waals surface area contributed by atoms with Crippen molar-refractivity contribution < 1.29 is 9.53 Å². The summed E-state index contributed by atoms with van der Waals surface area (Å²) in [5.74, 6) is 2.18. The summed E-state index contributed by atoms with van der Waals surface area (Å²) < 4.78 is 6.12. The number of ether oxygens (including phenoxy) is 1. The molecule has 2 aromatic rings. The predicted molar refractivity (Wildman–Crippen MR) is 106 cm³/mol. The summed E-state index contributed by atoms with van der Waals surface area (Å²) in [6.07, 6.45) is 0. The Labute approximate surface area is 159 Å². The van der Waals surface area contributed by atoms with Gasteiger partial charge in [-0.1, -0.05) is 24.3 Å². The number of nitrogens with zero attached hydrogens (tertiary/aromatic N) is 3. The van der Waals surface area contributed by atoms with Gasteiger partial charge >= 0.3 is 0 Å². The summed E-state index contributed by atoms with van der Waals surface area (Å²) in [4.78, 5) is 21.1. The summed E-state index contributed by atoms with van der Waals surface area (Å²) in [7, 11) is 0. The molecule has 0 aromatic heterocycles. The first-order valence-corrected chi connectivity index (χ1v) is 9.22. The Morgan fingerprint density at radius 1 is 1.00 bits per heavy atom. The largest absolute Gasteiger partial charge is 0.454 e. The minimum absolute atomic E-state index is 0.296. The number of rotatable bonds is 2. The molecule has 27 heavy (non-hydrogen) atoms. The number of hydrogen-bond acceptors (Lipinski definition) is 5. The average Bonchev–Trinajstić information content (AvgIpc) is 2.84. The van der Waals surface area contributed by atoms with Crippen LogP contribution in [0.5, 0.6) is 11.5 Å². The number of amidine groups is 1. The number of carbonyl (C=O) groups is 1. The van der Waals surface area contributed by atoms with E-state index >= 15 is 0 Å². The van der Waals surface area contributed by atoms with E-state index in [2.05, 4.69) is 9.80 Å². The SMILES string of the molecule is CC(C)(C(N)=O)N1CCN(C2=Nc3ccccc3Oc3ccccc32)CC1. The van der Waals surface area contributed by atoms with Crippen LogP contribution >= 0.6 is 0 Å². The molecule has 2 aliphatic heterocycles. The van der Waals surface area contributed by atoms with E-state index in [1.807, 2.05) is 62.4 Å². The van der Waals surface area contributed by atoms with Crippen molar-refractivity contribution >= 4 is 17.4 Å². The van der Waals surface area contributed by atoms with Gasteiger partial charge in [0.25, 0.3) is 0 Å². The lowest BCUT2D eigenvalue weighted by molar-refractivity contribution is -0.129. The van der Waals surface area contributed by atoms with Crippen molar-refractivity contribution in [2.45, 2.75) is 19.4 Å². The Bertz CT molecular complexity index is 899. The predicted octanol–water partition coefficient (Wildman–Crippen LogP) is 2.75. The molecule has 0 unspecified atom stereocenters. The van der Waals surface area contributed by atoms with Gasteiger partial charge in [0.2, 0.25) is 5.91 Å². The van der Waals surface area contributed by atoms with Crippen LogP contribution in [0.1, 0.15) is 19.4 Å². The quantitative estimate of drug-likeness (QED) is 0.889. The fraction of sp³-hybridized carbons (Fsp3) is 0.333. The average molecular weight is 364 g/mol. The molecule has 2 heterocycles. The molecule has 140 valence electrons. The van der Waals surface area contributed by atoms with Crippen molar-refractivity contribution in [1.82, 2.24) is 9.80 Å². The number of nitrogens with two attached hydrogens (primary N) is 1. The molecule has 0 atom stereocenters. The smallest absolute Gasteiger partial charge is 0.237 e. The highest BCUT2D eigenvalue weighted by molar-refractivity contribution is 6.03. The third-order valence-electron chi connectivity index (χ3n) is 5.41. The van der Waals surface area contributed by atoms with Crippen LogP contribution < -0.4 is 10.5 Å². The number of fused-ring (bicyclic) bond motifs is 2. The van der Waals surface area contributed by atoms with E-state index in [4.69, 9.17) is 15.5 Å². The Kier molecular flexibility index (Phi) is 4.36. The van der Waals surface area contributed by atoms with E-state index in [0.717, 1.165) is 54.8 Å². The fourth-order valence-electron chi connectivity index (χ4n) is 3.54. The lowest BCUT2D eigenvalue weighted by Crippen LogP contribution is -2.60. The molecule has 1 saturated heterocycles. The molecule has 1 amide bonds. The Morgan fingerprint density at radius 2 is 1.63 bits per heavy atom. The van der Waals surface area contributed by atoms with Gasteiger partial charge in [0.05, 0.1) is 11.1 Å². The van der Waals surface area contributed by atoms with Crippen molar-refractivity contribution in [2.24, 2.45) is 10.7 Å². The monoisotopic (exact) mass is 364 g/mol. The third-order valence-corrected chi connectivity index (χ3v) is 5.41. The van der Waals surface area contributed by atoms with Crippen molar-refractivity contribution in [3.05, 3.63) is 54.1 Å². The van der Waals surface area contributed by atoms with Crippen LogP contribution in [0, 0.1) is 0 Å². The van der Waals surface area contributed by atoms with E-state index in [1.54, 1.807) is 0 Å². The normalized spacial score (nSPS) is 17.3. The minimum atomic E-state index is -0.648. The van der Waals surface area contributed by atoms with Crippen LogP contribution in [0.2, 0.25) is 0 Å². The van der Waals surface area contributed by atoms with Crippen LogP contribution in [0.3, 0.4) is 0 Å².